The number of rotatable bonds is 5. The number of nitrogens with zero attached hydrogens (tertiary/aromatic N) is 1. The lowest BCUT2D eigenvalue weighted by Crippen LogP contribution is -2.35. The summed E-state index contributed by atoms with van der Waals surface area (Å²) in [5.41, 5.74) is 5.14. The predicted molar refractivity (Wildman–Crippen MR) is 78.1 cm³/mol. The lowest BCUT2D eigenvalue weighted by Gasteiger charge is -2.07. The van der Waals surface area contributed by atoms with Crippen LogP contribution in [0.3, 0.4) is 0 Å². The van der Waals surface area contributed by atoms with E-state index in [9.17, 15) is 19.2 Å². The summed E-state index contributed by atoms with van der Waals surface area (Å²) in [6, 6.07) is 7.64. The van der Waals surface area contributed by atoms with Crippen LogP contribution < -0.4 is 22.3 Å². The molecule has 1 aromatic carbocycles. The van der Waals surface area contributed by atoms with Gasteiger partial charge in [-0.05, 0) is 17.7 Å². The standard InChI is InChI=1S/C14H14N4O4/c15-13(21)10-3-1-9(2-4-10)7-16-12(20)8-18-6-5-11(19)17-14(18)22/h1-6H,7-8H2,(H2,15,21)(H,16,20)(H,17,19,22). The molecule has 2 amide bonds. The van der Waals surface area contributed by atoms with Gasteiger partial charge in [-0.2, -0.15) is 0 Å². The van der Waals surface area contributed by atoms with E-state index in [-0.39, 0.29) is 19.0 Å². The average molecular weight is 302 g/mol. The molecule has 2 aromatic rings. The Bertz CT molecular complexity index is 805. The minimum absolute atomic E-state index is 0.199. The van der Waals surface area contributed by atoms with Gasteiger partial charge in [0, 0.05) is 24.4 Å². The van der Waals surface area contributed by atoms with Crippen molar-refractivity contribution in [3.8, 4) is 0 Å². The molecular weight excluding hydrogens is 288 g/mol. The number of aromatic nitrogens is 2. The molecule has 0 saturated heterocycles. The van der Waals surface area contributed by atoms with E-state index in [0.717, 1.165) is 16.2 Å². The fraction of sp³-hybridized carbons (Fsp3) is 0.143. The lowest BCUT2D eigenvalue weighted by molar-refractivity contribution is -0.121. The summed E-state index contributed by atoms with van der Waals surface area (Å²) in [7, 11) is 0. The zero-order valence-corrected chi connectivity index (χ0v) is 11.5. The Hall–Kier alpha value is -3.16. The number of H-pyrrole nitrogens is 1. The molecule has 2 rings (SSSR count). The highest BCUT2D eigenvalue weighted by Crippen LogP contribution is 2.03. The van der Waals surface area contributed by atoms with Gasteiger partial charge in [-0.15, -0.1) is 0 Å². The van der Waals surface area contributed by atoms with Crippen molar-refractivity contribution in [1.29, 1.82) is 0 Å². The van der Waals surface area contributed by atoms with Gasteiger partial charge in [-0.3, -0.25) is 23.9 Å². The quantitative estimate of drug-likeness (QED) is 0.651. The van der Waals surface area contributed by atoms with Crippen molar-refractivity contribution >= 4 is 11.8 Å². The van der Waals surface area contributed by atoms with Crippen LogP contribution in [0, 0.1) is 0 Å². The molecule has 0 atom stereocenters. The summed E-state index contributed by atoms with van der Waals surface area (Å²) in [5.74, 6) is -0.902. The predicted octanol–water partition coefficient (Wildman–Crippen LogP) is -1.05. The van der Waals surface area contributed by atoms with Crippen LogP contribution in [-0.4, -0.2) is 21.4 Å². The van der Waals surface area contributed by atoms with Gasteiger partial charge in [0.25, 0.3) is 5.56 Å². The first-order valence-electron chi connectivity index (χ1n) is 6.41. The second kappa shape index (κ2) is 6.53. The van der Waals surface area contributed by atoms with Crippen molar-refractivity contribution in [3.05, 3.63) is 68.5 Å². The van der Waals surface area contributed by atoms with Crippen molar-refractivity contribution in [3.63, 3.8) is 0 Å². The minimum Gasteiger partial charge on any atom is -0.366 e. The zero-order chi connectivity index (χ0) is 16.1. The Morgan fingerprint density at radius 3 is 2.41 bits per heavy atom. The molecule has 4 N–H and O–H groups in total. The molecule has 0 bridgehead atoms. The molecule has 0 radical (unpaired) electrons. The monoisotopic (exact) mass is 302 g/mol. The molecular formula is C14H14N4O4. The molecule has 0 spiro atoms. The smallest absolute Gasteiger partial charge is 0.328 e. The van der Waals surface area contributed by atoms with E-state index in [1.807, 2.05) is 0 Å². The Balaban J connectivity index is 1.93. The van der Waals surface area contributed by atoms with Crippen molar-refractivity contribution in [1.82, 2.24) is 14.9 Å². The van der Waals surface area contributed by atoms with Gasteiger partial charge in [0.05, 0.1) is 0 Å². The van der Waals surface area contributed by atoms with Gasteiger partial charge in [-0.25, -0.2) is 4.79 Å². The third kappa shape index (κ3) is 3.92. The van der Waals surface area contributed by atoms with Crippen molar-refractivity contribution in [2.45, 2.75) is 13.1 Å². The zero-order valence-electron chi connectivity index (χ0n) is 11.5. The first-order valence-corrected chi connectivity index (χ1v) is 6.41. The fourth-order valence-corrected chi connectivity index (χ4v) is 1.77. The molecule has 0 saturated carbocycles. The lowest BCUT2D eigenvalue weighted by atomic mass is 10.1. The van der Waals surface area contributed by atoms with E-state index in [4.69, 9.17) is 5.73 Å². The number of nitrogens with two attached hydrogens (primary N) is 1. The van der Waals surface area contributed by atoms with Crippen molar-refractivity contribution in [2.24, 2.45) is 5.73 Å². The van der Waals surface area contributed by atoms with Gasteiger partial charge in [0.15, 0.2) is 0 Å². The molecule has 8 nitrogen and oxygen atoms in total. The first-order chi connectivity index (χ1) is 10.5. The molecule has 0 aliphatic heterocycles. The maximum absolute atomic E-state index is 11.8. The van der Waals surface area contributed by atoms with Gasteiger partial charge in [0.1, 0.15) is 6.54 Å². The number of carbonyl (C=O) groups is 2. The summed E-state index contributed by atoms with van der Waals surface area (Å²) in [6.45, 7) is 0.0466. The SMILES string of the molecule is NC(=O)c1ccc(CNC(=O)Cn2ccc(=O)[nH]c2=O)cc1. The van der Waals surface area contributed by atoms with Crippen LogP contribution in [0.15, 0.2) is 46.1 Å². The van der Waals surface area contributed by atoms with E-state index >= 15 is 0 Å². The highest BCUT2D eigenvalue weighted by Gasteiger charge is 2.05. The van der Waals surface area contributed by atoms with Gasteiger partial charge in [-0.1, -0.05) is 12.1 Å². The Labute approximate surface area is 124 Å². The molecule has 22 heavy (non-hydrogen) atoms. The van der Waals surface area contributed by atoms with E-state index < -0.39 is 17.2 Å². The van der Waals surface area contributed by atoms with Gasteiger partial charge >= 0.3 is 5.69 Å². The number of aromatic amines is 1. The van der Waals surface area contributed by atoms with Crippen LogP contribution >= 0.6 is 0 Å². The highest BCUT2D eigenvalue weighted by molar-refractivity contribution is 5.92. The molecule has 0 aliphatic rings. The molecule has 8 heteroatoms. The average Bonchev–Trinajstić information content (AvgIpc) is 2.48. The molecule has 0 unspecified atom stereocenters. The Morgan fingerprint density at radius 1 is 1.14 bits per heavy atom. The largest absolute Gasteiger partial charge is 0.366 e. The van der Waals surface area contributed by atoms with Crippen molar-refractivity contribution in [2.75, 3.05) is 0 Å². The van der Waals surface area contributed by atoms with Crippen LogP contribution in [0.1, 0.15) is 15.9 Å². The molecule has 0 aliphatic carbocycles. The molecule has 1 heterocycles. The molecule has 1 aromatic heterocycles. The number of nitrogens with one attached hydrogen (secondary N) is 2. The number of amides is 2. The van der Waals surface area contributed by atoms with Gasteiger partial charge < -0.3 is 11.1 Å². The summed E-state index contributed by atoms with van der Waals surface area (Å²) in [4.78, 5) is 47.1. The first kappa shape index (κ1) is 15.2. The third-order valence-electron chi connectivity index (χ3n) is 2.94. The van der Waals surface area contributed by atoms with Gasteiger partial charge in [0.2, 0.25) is 11.8 Å². The summed E-state index contributed by atoms with van der Waals surface area (Å²) >= 11 is 0. The number of carbonyl (C=O) groups excluding carboxylic acids is 2. The Kier molecular flexibility index (Phi) is 4.52. The third-order valence-corrected chi connectivity index (χ3v) is 2.94. The van der Waals surface area contributed by atoms with E-state index in [1.165, 1.54) is 6.20 Å². The van der Waals surface area contributed by atoms with E-state index in [2.05, 4.69) is 10.3 Å². The number of primary amides is 1. The van der Waals surface area contributed by atoms with Crippen LogP contribution in [0.2, 0.25) is 0 Å². The summed E-state index contributed by atoms with van der Waals surface area (Å²) < 4.78 is 1.09. The van der Waals surface area contributed by atoms with E-state index in [0.29, 0.717) is 5.56 Å². The molecule has 114 valence electrons. The maximum Gasteiger partial charge on any atom is 0.328 e. The summed E-state index contributed by atoms with van der Waals surface area (Å²) in [6.07, 6.45) is 1.25. The normalized spacial score (nSPS) is 10.2. The van der Waals surface area contributed by atoms with Crippen molar-refractivity contribution < 1.29 is 9.59 Å². The van der Waals surface area contributed by atoms with Crippen LogP contribution in [0.5, 0.6) is 0 Å². The molecule has 0 fully saturated rings. The fourth-order valence-electron chi connectivity index (χ4n) is 1.77. The van der Waals surface area contributed by atoms with Crippen LogP contribution in [-0.2, 0) is 17.9 Å². The topological polar surface area (TPSA) is 127 Å². The van der Waals surface area contributed by atoms with Crippen LogP contribution in [0.4, 0.5) is 0 Å². The second-order valence-corrected chi connectivity index (χ2v) is 4.58. The Morgan fingerprint density at radius 2 is 1.82 bits per heavy atom. The number of hydrogen-bond donors (Lipinski definition) is 3. The highest BCUT2D eigenvalue weighted by atomic mass is 16.2. The summed E-state index contributed by atoms with van der Waals surface area (Å²) in [5, 5.41) is 2.63. The minimum atomic E-state index is -0.645. The maximum atomic E-state index is 11.8. The second-order valence-electron chi connectivity index (χ2n) is 4.58. The number of hydrogen-bond acceptors (Lipinski definition) is 4. The number of benzene rings is 1. The van der Waals surface area contributed by atoms with Crippen LogP contribution in [0.25, 0.3) is 0 Å². The van der Waals surface area contributed by atoms with E-state index in [1.54, 1.807) is 24.3 Å².